The van der Waals surface area contributed by atoms with Gasteiger partial charge in [-0.15, -0.1) is 0 Å². The molecule has 98 valence electrons. The van der Waals surface area contributed by atoms with E-state index in [4.69, 9.17) is 0 Å². The van der Waals surface area contributed by atoms with Crippen molar-refractivity contribution in [1.29, 1.82) is 0 Å². The van der Waals surface area contributed by atoms with E-state index < -0.39 is 0 Å². The van der Waals surface area contributed by atoms with Crippen LogP contribution in [0.15, 0.2) is 10.9 Å². The molecule has 1 aliphatic heterocycles. The molecule has 0 aliphatic carbocycles. The number of amides is 1. The van der Waals surface area contributed by atoms with E-state index in [2.05, 4.69) is 15.7 Å². The maximum Gasteiger partial charge on any atom is 0.267 e. The molecule has 2 N–H and O–H groups in total. The summed E-state index contributed by atoms with van der Waals surface area (Å²) in [5.74, 6) is -0.166. The van der Waals surface area contributed by atoms with Crippen LogP contribution in [-0.2, 0) is 24.3 Å². The Morgan fingerprint density at radius 2 is 2.44 bits per heavy atom. The maximum atomic E-state index is 11.8. The van der Waals surface area contributed by atoms with Gasteiger partial charge in [0, 0.05) is 32.1 Å². The monoisotopic (exact) mass is 250 g/mol. The van der Waals surface area contributed by atoms with E-state index in [0.29, 0.717) is 13.1 Å². The number of carbonyl (C=O) groups is 1. The van der Waals surface area contributed by atoms with Gasteiger partial charge in [-0.25, -0.2) is 4.68 Å². The average Bonchev–Trinajstić information content (AvgIpc) is 2.37. The molecule has 1 aliphatic rings. The zero-order valence-electron chi connectivity index (χ0n) is 10.5. The fraction of sp³-hybridized carbons (Fsp3) is 0.583. The minimum absolute atomic E-state index is 0.000454. The molecule has 0 saturated heterocycles. The first kappa shape index (κ1) is 12.8. The van der Waals surface area contributed by atoms with Crippen molar-refractivity contribution in [3.05, 3.63) is 27.7 Å². The maximum absolute atomic E-state index is 11.8. The fourth-order valence-electron chi connectivity index (χ4n) is 1.93. The third kappa shape index (κ3) is 2.95. The number of fused-ring (bicyclic) bond motifs is 1. The van der Waals surface area contributed by atoms with Crippen LogP contribution in [0.2, 0.25) is 0 Å². The lowest BCUT2D eigenvalue weighted by Crippen LogP contribution is -2.36. The predicted octanol–water partition coefficient (Wildman–Crippen LogP) is -0.585. The van der Waals surface area contributed by atoms with Crippen LogP contribution in [0.1, 0.15) is 24.6 Å². The minimum Gasteiger partial charge on any atom is -0.355 e. The second-order valence-electron chi connectivity index (χ2n) is 4.39. The van der Waals surface area contributed by atoms with E-state index in [-0.39, 0.29) is 18.0 Å². The van der Waals surface area contributed by atoms with Crippen LogP contribution >= 0.6 is 0 Å². The predicted molar refractivity (Wildman–Crippen MR) is 67.2 cm³/mol. The van der Waals surface area contributed by atoms with Crippen LogP contribution < -0.4 is 16.2 Å². The van der Waals surface area contributed by atoms with Gasteiger partial charge in [0.2, 0.25) is 5.91 Å². The van der Waals surface area contributed by atoms with Gasteiger partial charge in [0.05, 0.1) is 5.69 Å². The zero-order valence-corrected chi connectivity index (χ0v) is 10.5. The Labute approximate surface area is 105 Å². The smallest absolute Gasteiger partial charge is 0.267 e. The third-order valence-electron chi connectivity index (χ3n) is 2.88. The fourth-order valence-corrected chi connectivity index (χ4v) is 1.93. The molecule has 2 heterocycles. The van der Waals surface area contributed by atoms with Gasteiger partial charge in [-0.1, -0.05) is 6.92 Å². The summed E-state index contributed by atoms with van der Waals surface area (Å²) < 4.78 is 1.25. The van der Waals surface area contributed by atoms with E-state index in [1.54, 1.807) is 6.07 Å². The summed E-state index contributed by atoms with van der Waals surface area (Å²) in [6.07, 6.45) is 1.68. The largest absolute Gasteiger partial charge is 0.355 e. The molecule has 0 aromatic carbocycles. The first-order chi connectivity index (χ1) is 8.70. The second kappa shape index (κ2) is 5.77. The number of carbonyl (C=O) groups excluding carboxylic acids is 1. The number of nitrogens with one attached hydrogen (secondary N) is 2. The lowest BCUT2D eigenvalue weighted by Gasteiger charge is -2.16. The molecular weight excluding hydrogens is 232 g/mol. The summed E-state index contributed by atoms with van der Waals surface area (Å²) in [5.41, 5.74) is 1.64. The summed E-state index contributed by atoms with van der Waals surface area (Å²) in [4.78, 5) is 23.4. The van der Waals surface area contributed by atoms with Gasteiger partial charge >= 0.3 is 0 Å². The normalized spacial score (nSPS) is 14.1. The highest BCUT2D eigenvalue weighted by Gasteiger charge is 2.13. The minimum atomic E-state index is -0.218. The zero-order chi connectivity index (χ0) is 13.0. The Morgan fingerprint density at radius 3 is 3.22 bits per heavy atom. The van der Waals surface area contributed by atoms with Crippen molar-refractivity contribution < 1.29 is 4.79 Å². The van der Waals surface area contributed by atoms with Gasteiger partial charge < -0.3 is 10.6 Å². The van der Waals surface area contributed by atoms with Crippen molar-refractivity contribution in [3.63, 3.8) is 0 Å². The standard InChI is InChI=1S/C12H18N4O2/c1-2-4-14-11(17)8-16-12(18)6-9-7-13-5-3-10(9)15-16/h6,13H,2-5,7-8H2,1H3,(H,14,17). The van der Waals surface area contributed by atoms with E-state index in [9.17, 15) is 9.59 Å². The molecule has 0 fully saturated rings. The van der Waals surface area contributed by atoms with Crippen molar-refractivity contribution in [3.8, 4) is 0 Å². The lowest BCUT2D eigenvalue weighted by atomic mass is 10.1. The molecule has 6 nitrogen and oxygen atoms in total. The Morgan fingerprint density at radius 1 is 1.61 bits per heavy atom. The lowest BCUT2D eigenvalue weighted by molar-refractivity contribution is -0.121. The third-order valence-corrected chi connectivity index (χ3v) is 2.88. The van der Waals surface area contributed by atoms with Crippen LogP contribution in [0.25, 0.3) is 0 Å². The highest BCUT2D eigenvalue weighted by Crippen LogP contribution is 2.07. The van der Waals surface area contributed by atoms with E-state index in [1.165, 1.54) is 4.68 Å². The van der Waals surface area contributed by atoms with Gasteiger partial charge in [0.15, 0.2) is 0 Å². The average molecular weight is 250 g/mol. The van der Waals surface area contributed by atoms with Gasteiger partial charge in [0.1, 0.15) is 6.54 Å². The van der Waals surface area contributed by atoms with E-state index in [0.717, 1.165) is 30.6 Å². The van der Waals surface area contributed by atoms with Crippen LogP contribution in [0.5, 0.6) is 0 Å². The molecule has 1 amide bonds. The summed E-state index contributed by atoms with van der Waals surface area (Å²) in [7, 11) is 0. The SMILES string of the molecule is CCCNC(=O)Cn1nc2c(cc1=O)CNCC2. The van der Waals surface area contributed by atoms with Crippen LogP contribution in [-0.4, -0.2) is 28.8 Å². The van der Waals surface area contributed by atoms with E-state index >= 15 is 0 Å². The van der Waals surface area contributed by atoms with Crippen molar-refractivity contribution in [2.24, 2.45) is 0 Å². The molecule has 18 heavy (non-hydrogen) atoms. The summed E-state index contributed by atoms with van der Waals surface area (Å²) >= 11 is 0. The quantitative estimate of drug-likeness (QED) is 0.749. The second-order valence-corrected chi connectivity index (χ2v) is 4.39. The first-order valence-electron chi connectivity index (χ1n) is 6.28. The van der Waals surface area contributed by atoms with Gasteiger partial charge in [-0.05, 0) is 12.0 Å². The molecule has 1 aromatic rings. The van der Waals surface area contributed by atoms with Crippen molar-refractivity contribution in [2.45, 2.75) is 32.9 Å². The van der Waals surface area contributed by atoms with Gasteiger partial charge in [0.25, 0.3) is 5.56 Å². The molecule has 0 saturated carbocycles. The Kier molecular flexibility index (Phi) is 4.09. The number of rotatable bonds is 4. The van der Waals surface area contributed by atoms with Crippen LogP contribution in [0, 0.1) is 0 Å². The number of nitrogens with zero attached hydrogens (tertiary/aromatic N) is 2. The van der Waals surface area contributed by atoms with Crippen molar-refractivity contribution >= 4 is 5.91 Å². The topological polar surface area (TPSA) is 76.0 Å². The highest BCUT2D eigenvalue weighted by molar-refractivity contribution is 5.75. The molecule has 0 atom stereocenters. The van der Waals surface area contributed by atoms with Gasteiger partial charge in [-0.2, -0.15) is 5.10 Å². The Bertz CT molecular complexity index is 495. The summed E-state index contributed by atoms with van der Waals surface area (Å²) in [6.45, 7) is 4.15. The Hall–Kier alpha value is -1.69. The number of aromatic nitrogens is 2. The summed E-state index contributed by atoms with van der Waals surface area (Å²) in [5, 5.41) is 10.2. The van der Waals surface area contributed by atoms with E-state index in [1.807, 2.05) is 6.92 Å². The van der Waals surface area contributed by atoms with Crippen molar-refractivity contribution in [2.75, 3.05) is 13.1 Å². The molecule has 6 heteroatoms. The molecule has 0 bridgehead atoms. The van der Waals surface area contributed by atoms with Crippen molar-refractivity contribution in [1.82, 2.24) is 20.4 Å². The summed E-state index contributed by atoms with van der Waals surface area (Å²) in [6, 6.07) is 1.57. The molecule has 0 spiro atoms. The van der Waals surface area contributed by atoms with Gasteiger partial charge in [-0.3, -0.25) is 9.59 Å². The number of hydrogen-bond donors (Lipinski definition) is 2. The first-order valence-corrected chi connectivity index (χ1v) is 6.28. The molecule has 2 rings (SSSR count). The molecule has 0 unspecified atom stereocenters. The van der Waals surface area contributed by atoms with Crippen LogP contribution in [0.4, 0.5) is 0 Å². The van der Waals surface area contributed by atoms with Crippen LogP contribution in [0.3, 0.4) is 0 Å². The molecular formula is C12H18N4O2. The number of hydrogen-bond acceptors (Lipinski definition) is 4. The molecule has 1 aromatic heterocycles. The highest BCUT2D eigenvalue weighted by atomic mass is 16.2. The Balaban J connectivity index is 2.13. The molecule has 0 radical (unpaired) electrons.